The van der Waals surface area contributed by atoms with E-state index in [0.717, 1.165) is 15.2 Å². The van der Waals surface area contributed by atoms with Gasteiger partial charge in [0, 0.05) is 13.6 Å². The van der Waals surface area contributed by atoms with Crippen molar-refractivity contribution < 1.29 is 14.3 Å². The topological polar surface area (TPSA) is 82.4 Å². The molecule has 10 heteroatoms. The normalized spacial score (nSPS) is 14.8. The van der Waals surface area contributed by atoms with E-state index in [2.05, 4.69) is 21.8 Å². The van der Waals surface area contributed by atoms with Gasteiger partial charge in [-0.25, -0.2) is 4.98 Å². The molecule has 0 radical (unpaired) electrons. The van der Waals surface area contributed by atoms with Crippen LogP contribution in [0.5, 0.6) is 11.5 Å². The van der Waals surface area contributed by atoms with E-state index < -0.39 is 6.10 Å². The van der Waals surface area contributed by atoms with Gasteiger partial charge in [0.05, 0.1) is 22.5 Å². The van der Waals surface area contributed by atoms with E-state index in [1.165, 1.54) is 11.8 Å². The molecule has 5 rings (SSSR count). The number of amides is 1. The van der Waals surface area contributed by atoms with E-state index in [1.807, 2.05) is 53.1 Å². The number of rotatable bonds is 8. The first-order valence-electron chi connectivity index (χ1n) is 10.8. The highest BCUT2D eigenvalue weighted by atomic mass is 32.2. The Hall–Kier alpha value is -3.37. The van der Waals surface area contributed by atoms with Gasteiger partial charge >= 0.3 is 0 Å². The Morgan fingerprint density at radius 3 is 2.85 bits per heavy atom. The smallest absolute Gasteiger partial charge is 0.233 e. The maximum Gasteiger partial charge on any atom is 0.233 e. The van der Waals surface area contributed by atoms with Crippen LogP contribution in [0.4, 0.5) is 0 Å². The van der Waals surface area contributed by atoms with Gasteiger partial charge in [0.2, 0.25) is 5.91 Å². The van der Waals surface area contributed by atoms with E-state index in [1.54, 1.807) is 29.4 Å². The fraction of sp³-hybridized carbons (Fsp3) is 0.250. The summed E-state index contributed by atoms with van der Waals surface area (Å²) in [6.45, 7) is 5.15. The molecule has 1 aliphatic heterocycles. The lowest BCUT2D eigenvalue weighted by atomic mass is 10.2. The first kappa shape index (κ1) is 22.4. The lowest BCUT2D eigenvalue weighted by Gasteiger charge is -2.26. The molecular weight excluding hydrogens is 470 g/mol. The molecular formula is C24H23N5O3S2. The van der Waals surface area contributed by atoms with Crippen molar-refractivity contribution in [1.82, 2.24) is 24.6 Å². The van der Waals surface area contributed by atoms with Crippen LogP contribution in [0.25, 0.3) is 10.2 Å². The van der Waals surface area contributed by atoms with Crippen LogP contribution in [0.15, 0.2) is 66.3 Å². The Morgan fingerprint density at radius 1 is 1.24 bits per heavy atom. The maximum atomic E-state index is 12.8. The van der Waals surface area contributed by atoms with Crippen molar-refractivity contribution in [1.29, 1.82) is 0 Å². The first-order valence-corrected chi connectivity index (χ1v) is 12.6. The van der Waals surface area contributed by atoms with Crippen LogP contribution in [0.1, 0.15) is 16.9 Å². The molecule has 1 unspecified atom stereocenters. The fourth-order valence-corrected chi connectivity index (χ4v) is 5.52. The van der Waals surface area contributed by atoms with Crippen molar-refractivity contribution in [2.24, 2.45) is 0 Å². The van der Waals surface area contributed by atoms with Gasteiger partial charge in [-0.3, -0.25) is 9.36 Å². The quantitative estimate of drug-likeness (QED) is 0.267. The molecule has 4 aromatic rings. The summed E-state index contributed by atoms with van der Waals surface area (Å²) in [5.41, 5.74) is 0.958. The van der Waals surface area contributed by atoms with Gasteiger partial charge in [-0.05, 0) is 24.3 Å². The summed E-state index contributed by atoms with van der Waals surface area (Å²) < 4.78 is 15.0. The second kappa shape index (κ2) is 9.86. The molecule has 0 saturated carbocycles. The van der Waals surface area contributed by atoms with Gasteiger partial charge in [-0.15, -0.1) is 28.1 Å². The minimum absolute atomic E-state index is 0.00913. The third-order valence-electron chi connectivity index (χ3n) is 5.31. The van der Waals surface area contributed by atoms with Gasteiger partial charge in [-0.2, -0.15) is 0 Å². The number of carbonyl (C=O) groups excluding carboxylic acids is 1. The molecule has 8 nitrogen and oxygen atoms in total. The molecule has 3 heterocycles. The van der Waals surface area contributed by atoms with Crippen LogP contribution >= 0.6 is 23.1 Å². The summed E-state index contributed by atoms with van der Waals surface area (Å²) >= 11 is 2.95. The lowest BCUT2D eigenvalue weighted by Crippen LogP contribution is -2.28. The number of nitrogens with zero attached hydrogens (tertiary/aromatic N) is 5. The minimum Gasteiger partial charge on any atom is -0.485 e. The van der Waals surface area contributed by atoms with Crippen molar-refractivity contribution in [3.8, 4) is 11.5 Å². The van der Waals surface area contributed by atoms with E-state index in [-0.39, 0.29) is 11.7 Å². The third kappa shape index (κ3) is 4.64. The number of thioether (sulfide) groups is 1. The van der Waals surface area contributed by atoms with Crippen molar-refractivity contribution in [3.05, 3.63) is 72.0 Å². The Bertz CT molecular complexity index is 1300. The molecule has 174 valence electrons. The molecule has 34 heavy (non-hydrogen) atoms. The highest BCUT2D eigenvalue weighted by molar-refractivity contribution is 7.99. The summed E-state index contributed by atoms with van der Waals surface area (Å²) in [7, 11) is 1.79. The van der Waals surface area contributed by atoms with Gasteiger partial charge in [0.25, 0.3) is 0 Å². The molecule has 0 spiro atoms. The van der Waals surface area contributed by atoms with Gasteiger partial charge in [-0.1, -0.05) is 42.1 Å². The highest BCUT2D eigenvalue weighted by Gasteiger charge is 2.28. The highest BCUT2D eigenvalue weighted by Crippen LogP contribution is 2.36. The van der Waals surface area contributed by atoms with Crippen molar-refractivity contribution >= 4 is 39.2 Å². The van der Waals surface area contributed by atoms with E-state index >= 15 is 0 Å². The molecule has 0 bridgehead atoms. The van der Waals surface area contributed by atoms with Crippen molar-refractivity contribution in [2.45, 2.75) is 24.3 Å². The fourth-order valence-electron chi connectivity index (χ4n) is 3.61. The Kier molecular flexibility index (Phi) is 6.50. The molecule has 1 amide bonds. The molecule has 2 aromatic carbocycles. The van der Waals surface area contributed by atoms with Gasteiger partial charge < -0.3 is 14.4 Å². The minimum atomic E-state index is -0.394. The largest absolute Gasteiger partial charge is 0.485 e. The predicted molar refractivity (Wildman–Crippen MR) is 132 cm³/mol. The standard InChI is InChI=1S/C24H23N5O3S2/c1-3-12-29-23(19-14-31-17-9-5-6-10-18(17)32-19)26-27-24(29)33-15-22(30)28(2)13-21-25-16-8-4-7-11-20(16)34-21/h3-11,19H,1,12-15H2,2H3. The molecule has 1 atom stereocenters. The number of para-hydroxylation sites is 3. The number of benzene rings is 2. The number of hydrogen-bond acceptors (Lipinski definition) is 8. The average Bonchev–Trinajstić information content (AvgIpc) is 3.45. The Labute approximate surface area is 205 Å². The number of aromatic nitrogens is 4. The summed E-state index contributed by atoms with van der Waals surface area (Å²) in [5.74, 6) is 2.26. The summed E-state index contributed by atoms with van der Waals surface area (Å²) in [4.78, 5) is 19.1. The number of carbonyl (C=O) groups is 1. The van der Waals surface area contributed by atoms with Crippen LogP contribution < -0.4 is 9.47 Å². The van der Waals surface area contributed by atoms with Crippen LogP contribution in [-0.2, 0) is 17.9 Å². The SMILES string of the molecule is C=CCn1c(SCC(=O)N(C)Cc2nc3ccccc3s2)nnc1C1COc2ccccc2O1. The number of allylic oxidation sites excluding steroid dienone is 1. The monoisotopic (exact) mass is 493 g/mol. The molecule has 0 saturated heterocycles. The van der Waals surface area contributed by atoms with Gasteiger partial charge in [0.15, 0.2) is 28.6 Å². The zero-order valence-electron chi connectivity index (χ0n) is 18.6. The third-order valence-corrected chi connectivity index (χ3v) is 7.29. The first-order chi connectivity index (χ1) is 16.6. The summed E-state index contributed by atoms with van der Waals surface area (Å²) in [6.07, 6.45) is 1.38. The van der Waals surface area contributed by atoms with Crippen LogP contribution in [0, 0.1) is 0 Å². The zero-order valence-corrected chi connectivity index (χ0v) is 20.2. The van der Waals surface area contributed by atoms with E-state index in [4.69, 9.17) is 9.47 Å². The van der Waals surface area contributed by atoms with Crippen molar-refractivity contribution in [3.63, 3.8) is 0 Å². The second-order valence-electron chi connectivity index (χ2n) is 7.72. The molecule has 0 fully saturated rings. The van der Waals surface area contributed by atoms with Crippen LogP contribution in [-0.4, -0.2) is 50.0 Å². The number of fused-ring (bicyclic) bond motifs is 2. The molecule has 0 N–H and O–H groups in total. The molecule has 1 aliphatic rings. The maximum absolute atomic E-state index is 12.8. The summed E-state index contributed by atoms with van der Waals surface area (Å²) in [5, 5.41) is 10.2. The average molecular weight is 494 g/mol. The second-order valence-corrected chi connectivity index (χ2v) is 9.78. The number of ether oxygens (including phenoxy) is 2. The molecule has 0 aliphatic carbocycles. The summed E-state index contributed by atoms with van der Waals surface area (Å²) in [6, 6.07) is 15.5. The van der Waals surface area contributed by atoms with E-state index in [0.29, 0.717) is 42.2 Å². The van der Waals surface area contributed by atoms with Crippen LogP contribution in [0.3, 0.4) is 0 Å². The van der Waals surface area contributed by atoms with Crippen molar-refractivity contribution in [2.75, 3.05) is 19.4 Å². The Morgan fingerprint density at radius 2 is 2.03 bits per heavy atom. The molecule has 2 aromatic heterocycles. The number of thiazole rings is 1. The Balaban J connectivity index is 1.24. The van der Waals surface area contributed by atoms with Crippen LogP contribution in [0.2, 0.25) is 0 Å². The van der Waals surface area contributed by atoms with E-state index in [9.17, 15) is 4.79 Å². The predicted octanol–water partition coefficient (Wildman–Crippen LogP) is 4.34. The zero-order chi connectivity index (χ0) is 23.5. The lowest BCUT2D eigenvalue weighted by molar-refractivity contribution is -0.127. The van der Waals surface area contributed by atoms with Gasteiger partial charge in [0.1, 0.15) is 11.6 Å². The number of hydrogen-bond donors (Lipinski definition) is 0.